The first-order valence-electron chi connectivity index (χ1n) is 11.5. The van der Waals surface area contributed by atoms with Gasteiger partial charge in [-0.25, -0.2) is 0 Å². The van der Waals surface area contributed by atoms with Crippen LogP contribution in [0.5, 0.6) is 0 Å². The van der Waals surface area contributed by atoms with E-state index in [1.807, 2.05) is 69.5 Å². The van der Waals surface area contributed by atoms with Crippen LogP contribution in [-0.2, 0) is 4.74 Å². The number of carbonyl (C=O) groups excluding carboxylic acids is 1. The minimum absolute atomic E-state index is 0. The molecule has 0 fully saturated rings. The maximum absolute atomic E-state index is 12.0. The normalized spacial score (nSPS) is 9.48. The summed E-state index contributed by atoms with van der Waals surface area (Å²) < 4.78 is 5.20. The molecule has 2 rings (SSSR count). The van der Waals surface area contributed by atoms with Crippen molar-refractivity contribution >= 4 is 11.4 Å². The van der Waals surface area contributed by atoms with Crippen molar-refractivity contribution in [1.29, 1.82) is 0 Å². The first kappa shape index (κ1) is 31.0. The fraction of sp³-hybridized carbons (Fsp3) is 0.483. The third-order valence-corrected chi connectivity index (χ3v) is 4.77. The van der Waals surface area contributed by atoms with Crippen molar-refractivity contribution in [2.75, 3.05) is 13.7 Å². The number of benzene rings is 2. The summed E-state index contributed by atoms with van der Waals surface area (Å²) in [5, 5.41) is 0. The van der Waals surface area contributed by atoms with Gasteiger partial charge >= 0.3 is 0 Å². The van der Waals surface area contributed by atoms with E-state index >= 15 is 0 Å². The predicted octanol–water partition coefficient (Wildman–Crippen LogP) is 8.87. The van der Waals surface area contributed by atoms with Gasteiger partial charge in [-0.2, -0.15) is 0 Å². The molecule has 0 saturated carbocycles. The minimum atomic E-state index is -0.0215. The van der Waals surface area contributed by atoms with Gasteiger partial charge in [0.05, 0.1) is 0 Å². The zero-order valence-electron chi connectivity index (χ0n) is 19.8. The van der Waals surface area contributed by atoms with E-state index in [4.69, 9.17) is 4.74 Å². The second-order valence-electron chi connectivity index (χ2n) is 7.15. The number of rotatable bonds is 11. The van der Waals surface area contributed by atoms with Crippen LogP contribution in [0.25, 0.3) is 5.57 Å². The van der Waals surface area contributed by atoms with E-state index in [2.05, 4.69) is 20.4 Å². The lowest BCUT2D eigenvalue weighted by atomic mass is 9.97. The fourth-order valence-corrected chi connectivity index (χ4v) is 3.07. The van der Waals surface area contributed by atoms with E-state index < -0.39 is 0 Å². The summed E-state index contributed by atoms with van der Waals surface area (Å²) in [4.78, 5) is 12.0. The SMILES string of the molecule is C.C=C(C(=O)c1ccccc1)c1ccccc1.CC.CCCCC(CCCC)COC. The van der Waals surface area contributed by atoms with Gasteiger partial charge in [0.15, 0.2) is 5.78 Å². The topological polar surface area (TPSA) is 26.3 Å². The van der Waals surface area contributed by atoms with Crippen LogP contribution >= 0.6 is 0 Å². The molecule has 0 aromatic heterocycles. The van der Waals surface area contributed by atoms with Crippen LogP contribution in [0, 0.1) is 5.92 Å². The van der Waals surface area contributed by atoms with Crippen molar-refractivity contribution in [2.24, 2.45) is 5.92 Å². The Morgan fingerprint density at radius 1 is 0.839 bits per heavy atom. The Morgan fingerprint density at radius 2 is 1.26 bits per heavy atom. The van der Waals surface area contributed by atoms with Gasteiger partial charge in [0, 0.05) is 24.9 Å². The zero-order chi connectivity index (χ0) is 22.6. The molecule has 0 aliphatic carbocycles. The van der Waals surface area contributed by atoms with Gasteiger partial charge in [0.1, 0.15) is 0 Å². The number of methoxy groups -OCH3 is 1. The number of Topliss-reactive ketones (excluding diaryl/α,β-unsaturated/α-hetero) is 1. The molecule has 0 unspecified atom stereocenters. The number of ketones is 1. The van der Waals surface area contributed by atoms with Gasteiger partial charge in [-0.15, -0.1) is 0 Å². The Balaban J connectivity index is 0. The highest BCUT2D eigenvalue weighted by molar-refractivity contribution is 6.28. The van der Waals surface area contributed by atoms with Crippen LogP contribution in [0.2, 0.25) is 0 Å². The lowest BCUT2D eigenvalue weighted by Crippen LogP contribution is -2.07. The summed E-state index contributed by atoms with van der Waals surface area (Å²) in [6.45, 7) is 13.3. The zero-order valence-corrected chi connectivity index (χ0v) is 19.8. The van der Waals surface area contributed by atoms with Gasteiger partial charge < -0.3 is 4.74 Å². The van der Waals surface area contributed by atoms with E-state index in [0.717, 1.165) is 18.1 Å². The summed E-state index contributed by atoms with van der Waals surface area (Å²) in [5.41, 5.74) is 2.08. The van der Waals surface area contributed by atoms with Crippen molar-refractivity contribution in [3.8, 4) is 0 Å². The second-order valence-corrected chi connectivity index (χ2v) is 7.15. The number of carbonyl (C=O) groups is 1. The Kier molecular flexibility index (Phi) is 21.1. The summed E-state index contributed by atoms with van der Waals surface area (Å²) in [5.74, 6) is 0.793. The van der Waals surface area contributed by atoms with Gasteiger partial charge in [0.2, 0.25) is 0 Å². The molecule has 2 nitrogen and oxygen atoms in total. The molecule has 0 aliphatic heterocycles. The molecule has 0 atom stereocenters. The average molecular weight is 427 g/mol. The monoisotopic (exact) mass is 426 g/mol. The van der Waals surface area contributed by atoms with E-state index in [1.165, 1.54) is 38.5 Å². The summed E-state index contributed by atoms with van der Waals surface area (Å²) >= 11 is 0. The maximum Gasteiger partial charge on any atom is 0.193 e. The number of ether oxygens (including phenoxy) is 1. The Hall–Kier alpha value is -2.19. The number of hydrogen-bond acceptors (Lipinski definition) is 2. The molecule has 0 bridgehead atoms. The fourth-order valence-electron chi connectivity index (χ4n) is 3.07. The van der Waals surface area contributed by atoms with Crippen LogP contribution in [0.3, 0.4) is 0 Å². The molecule has 0 saturated heterocycles. The largest absolute Gasteiger partial charge is 0.384 e. The standard InChI is InChI=1S/C15H12O.C11H24O.C2H6.CH4/c1-12(13-8-4-2-5-9-13)15(16)14-10-6-3-7-11-14;1-4-6-8-11(10-12-3)9-7-5-2;1-2;/h2-11H,1H2;11H,4-10H2,1-3H3;1-2H3;1H4. The number of allylic oxidation sites excluding steroid dienone is 1. The molecule has 174 valence electrons. The van der Waals surface area contributed by atoms with Crippen LogP contribution in [0.15, 0.2) is 67.2 Å². The molecular weight excluding hydrogens is 380 g/mol. The van der Waals surface area contributed by atoms with Gasteiger partial charge in [-0.3, -0.25) is 4.79 Å². The Labute approximate surface area is 192 Å². The van der Waals surface area contributed by atoms with Gasteiger partial charge in [-0.1, -0.05) is 128 Å². The first-order chi connectivity index (χ1) is 14.6. The molecule has 2 heteroatoms. The highest BCUT2D eigenvalue weighted by atomic mass is 16.5. The minimum Gasteiger partial charge on any atom is -0.384 e. The van der Waals surface area contributed by atoms with Crippen molar-refractivity contribution < 1.29 is 9.53 Å². The van der Waals surface area contributed by atoms with Crippen LogP contribution in [-0.4, -0.2) is 19.5 Å². The van der Waals surface area contributed by atoms with Crippen LogP contribution in [0.1, 0.15) is 89.6 Å². The van der Waals surface area contributed by atoms with E-state index in [9.17, 15) is 4.79 Å². The lowest BCUT2D eigenvalue weighted by molar-refractivity contribution is 0.105. The number of hydrogen-bond donors (Lipinski definition) is 0. The van der Waals surface area contributed by atoms with E-state index in [-0.39, 0.29) is 13.2 Å². The second kappa shape index (κ2) is 21.1. The Morgan fingerprint density at radius 3 is 1.65 bits per heavy atom. The highest BCUT2D eigenvalue weighted by Crippen LogP contribution is 2.17. The summed E-state index contributed by atoms with van der Waals surface area (Å²) in [6, 6.07) is 18.7. The smallest absolute Gasteiger partial charge is 0.193 e. The Bertz CT molecular complexity index is 604. The molecule has 0 radical (unpaired) electrons. The third-order valence-electron chi connectivity index (χ3n) is 4.77. The summed E-state index contributed by atoms with van der Waals surface area (Å²) in [7, 11) is 1.81. The molecule has 0 N–H and O–H groups in total. The quantitative estimate of drug-likeness (QED) is 0.265. The molecule has 0 amide bonds. The highest BCUT2D eigenvalue weighted by Gasteiger charge is 2.10. The van der Waals surface area contributed by atoms with E-state index in [1.54, 1.807) is 12.1 Å². The average Bonchev–Trinajstić information content (AvgIpc) is 2.82. The lowest BCUT2D eigenvalue weighted by Gasteiger charge is -2.14. The molecular formula is C29H46O2. The van der Waals surface area contributed by atoms with Crippen LogP contribution in [0.4, 0.5) is 0 Å². The molecule has 0 aliphatic rings. The molecule has 0 spiro atoms. The predicted molar refractivity (Wildman–Crippen MR) is 139 cm³/mol. The third kappa shape index (κ3) is 13.7. The van der Waals surface area contributed by atoms with E-state index in [0.29, 0.717) is 11.1 Å². The molecule has 0 heterocycles. The molecule has 2 aromatic rings. The van der Waals surface area contributed by atoms with Crippen molar-refractivity contribution in [3.05, 3.63) is 78.4 Å². The van der Waals surface area contributed by atoms with Gasteiger partial charge in [0.25, 0.3) is 0 Å². The van der Waals surface area contributed by atoms with Crippen LogP contribution < -0.4 is 0 Å². The number of unbranched alkanes of at least 4 members (excludes halogenated alkanes) is 2. The van der Waals surface area contributed by atoms with Crippen molar-refractivity contribution in [1.82, 2.24) is 0 Å². The van der Waals surface area contributed by atoms with Gasteiger partial charge in [-0.05, 0) is 24.3 Å². The first-order valence-corrected chi connectivity index (χ1v) is 11.5. The molecule has 2 aromatic carbocycles. The molecule has 31 heavy (non-hydrogen) atoms. The van der Waals surface area contributed by atoms with Crippen molar-refractivity contribution in [3.63, 3.8) is 0 Å². The summed E-state index contributed by atoms with van der Waals surface area (Å²) in [6.07, 6.45) is 8.04. The van der Waals surface area contributed by atoms with Crippen molar-refractivity contribution in [2.45, 2.75) is 73.6 Å². The maximum atomic E-state index is 12.0.